The summed E-state index contributed by atoms with van der Waals surface area (Å²) in [5, 5.41) is 0. The number of hydrogen-bond donors (Lipinski definition) is 0. The molecule has 0 radical (unpaired) electrons. The van der Waals surface area contributed by atoms with E-state index in [0.717, 1.165) is 4.90 Å². The van der Waals surface area contributed by atoms with Gasteiger partial charge in [-0.2, -0.15) is 0 Å². The van der Waals surface area contributed by atoms with Gasteiger partial charge in [0.25, 0.3) is 11.8 Å². The van der Waals surface area contributed by atoms with Crippen LogP contribution in [0, 0.1) is 0 Å². The lowest BCUT2D eigenvalue weighted by molar-refractivity contribution is 0.0224. The molecule has 3 aromatic rings. The zero-order valence-electron chi connectivity index (χ0n) is 12.4. The van der Waals surface area contributed by atoms with E-state index in [1.807, 2.05) is 6.07 Å². The van der Waals surface area contributed by atoms with Crippen molar-refractivity contribution in [2.75, 3.05) is 6.73 Å². The number of esters is 1. The van der Waals surface area contributed by atoms with Gasteiger partial charge in [0.05, 0.1) is 11.1 Å². The average Bonchev–Trinajstić information content (AvgIpc) is 3.14. The van der Waals surface area contributed by atoms with E-state index in [1.165, 1.54) is 6.20 Å². The molecule has 2 amide bonds. The molecule has 0 atom stereocenters. The number of aromatic nitrogens is 2. The zero-order chi connectivity index (χ0) is 16.7. The van der Waals surface area contributed by atoms with Crippen LogP contribution in [0.4, 0.5) is 0 Å². The van der Waals surface area contributed by atoms with Crippen LogP contribution in [-0.4, -0.2) is 38.8 Å². The highest BCUT2D eigenvalue weighted by atomic mass is 16.5. The summed E-state index contributed by atoms with van der Waals surface area (Å²) in [7, 11) is 0. The highest BCUT2D eigenvalue weighted by molar-refractivity contribution is 6.21. The molecule has 118 valence electrons. The maximum absolute atomic E-state index is 12.2. The van der Waals surface area contributed by atoms with Crippen molar-refractivity contribution in [1.82, 2.24) is 14.3 Å². The van der Waals surface area contributed by atoms with Crippen molar-refractivity contribution in [2.45, 2.75) is 0 Å². The first-order valence-corrected chi connectivity index (χ1v) is 7.21. The summed E-state index contributed by atoms with van der Waals surface area (Å²) >= 11 is 0. The number of pyridine rings is 1. The third-order valence-electron chi connectivity index (χ3n) is 3.78. The normalized spacial score (nSPS) is 13.4. The van der Waals surface area contributed by atoms with E-state index in [9.17, 15) is 14.4 Å². The number of imide groups is 1. The van der Waals surface area contributed by atoms with Gasteiger partial charge in [0.1, 0.15) is 5.65 Å². The van der Waals surface area contributed by atoms with Crippen molar-refractivity contribution in [2.24, 2.45) is 0 Å². The number of rotatable bonds is 3. The van der Waals surface area contributed by atoms with Gasteiger partial charge < -0.3 is 9.14 Å². The zero-order valence-corrected chi connectivity index (χ0v) is 12.4. The molecule has 2 aromatic heterocycles. The number of carbonyl (C=O) groups excluding carboxylic acids is 3. The quantitative estimate of drug-likeness (QED) is 0.542. The van der Waals surface area contributed by atoms with E-state index < -0.39 is 24.5 Å². The molecule has 0 saturated heterocycles. The summed E-state index contributed by atoms with van der Waals surface area (Å²) in [6.45, 7) is -0.445. The van der Waals surface area contributed by atoms with E-state index in [1.54, 1.807) is 47.0 Å². The number of amides is 2. The first-order chi connectivity index (χ1) is 11.6. The number of benzene rings is 1. The number of fused-ring (bicyclic) bond motifs is 2. The number of nitrogens with zero attached hydrogens (tertiary/aromatic N) is 3. The molecule has 1 aliphatic rings. The molecule has 0 fully saturated rings. The minimum atomic E-state index is -0.699. The van der Waals surface area contributed by atoms with Gasteiger partial charge in [0.15, 0.2) is 12.4 Å². The molecular weight excluding hydrogens is 310 g/mol. The highest BCUT2D eigenvalue weighted by Gasteiger charge is 2.35. The van der Waals surface area contributed by atoms with Crippen LogP contribution in [-0.2, 0) is 4.74 Å². The van der Waals surface area contributed by atoms with Crippen molar-refractivity contribution >= 4 is 23.4 Å². The fourth-order valence-corrected chi connectivity index (χ4v) is 2.59. The Morgan fingerprint density at radius 2 is 1.67 bits per heavy atom. The van der Waals surface area contributed by atoms with Crippen molar-refractivity contribution in [1.29, 1.82) is 0 Å². The minimum Gasteiger partial charge on any atom is -0.439 e. The second kappa shape index (κ2) is 5.31. The molecule has 3 heterocycles. The third kappa shape index (κ3) is 2.14. The summed E-state index contributed by atoms with van der Waals surface area (Å²) in [6, 6.07) is 11.9. The lowest BCUT2D eigenvalue weighted by atomic mass is 10.1. The Morgan fingerprint density at radius 1 is 1.00 bits per heavy atom. The first-order valence-electron chi connectivity index (χ1n) is 7.21. The Morgan fingerprint density at radius 3 is 2.33 bits per heavy atom. The van der Waals surface area contributed by atoms with Crippen LogP contribution in [0.1, 0.15) is 31.2 Å². The number of hydrogen-bond acceptors (Lipinski definition) is 5. The molecule has 24 heavy (non-hydrogen) atoms. The lowest BCUT2D eigenvalue weighted by Gasteiger charge is -2.13. The molecule has 0 aliphatic carbocycles. The summed E-state index contributed by atoms with van der Waals surface area (Å²) in [5.41, 5.74) is 1.33. The second-order valence-corrected chi connectivity index (χ2v) is 5.24. The Bertz CT molecular complexity index is 924. The van der Waals surface area contributed by atoms with Crippen LogP contribution in [0.5, 0.6) is 0 Å². The lowest BCUT2D eigenvalue weighted by Crippen LogP contribution is -2.33. The minimum absolute atomic E-state index is 0.109. The van der Waals surface area contributed by atoms with Crippen LogP contribution in [0.2, 0.25) is 0 Å². The van der Waals surface area contributed by atoms with Gasteiger partial charge in [0, 0.05) is 12.4 Å². The molecule has 1 aliphatic heterocycles. The van der Waals surface area contributed by atoms with Crippen LogP contribution < -0.4 is 0 Å². The molecule has 4 rings (SSSR count). The Labute approximate surface area is 136 Å². The van der Waals surface area contributed by atoms with Crippen LogP contribution in [0.15, 0.2) is 54.9 Å². The SMILES string of the molecule is O=C(OCN1C(=O)c2ccccc2C1=O)c1cn2ccccc2n1. The van der Waals surface area contributed by atoms with Gasteiger partial charge in [0.2, 0.25) is 0 Å². The number of carbonyl (C=O) groups is 3. The number of ether oxygens (including phenoxy) is 1. The first kappa shape index (κ1) is 14.1. The maximum atomic E-state index is 12.2. The van der Waals surface area contributed by atoms with Gasteiger partial charge in [-0.25, -0.2) is 14.7 Å². The molecule has 0 spiro atoms. The Kier molecular flexibility index (Phi) is 3.13. The predicted octanol–water partition coefficient (Wildman–Crippen LogP) is 1.74. The monoisotopic (exact) mass is 321 g/mol. The number of imidazole rings is 1. The fourth-order valence-electron chi connectivity index (χ4n) is 2.59. The standard InChI is InChI=1S/C17H11N3O4/c21-15-11-5-1-2-6-12(11)16(22)20(15)10-24-17(23)13-9-19-8-4-3-7-14(19)18-13/h1-9H,10H2. The van der Waals surface area contributed by atoms with E-state index in [4.69, 9.17) is 4.74 Å². The molecular formula is C17H11N3O4. The van der Waals surface area contributed by atoms with E-state index in [0.29, 0.717) is 16.8 Å². The van der Waals surface area contributed by atoms with Gasteiger partial charge in [-0.05, 0) is 24.3 Å². The Balaban J connectivity index is 1.50. The van der Waals surface area contributed by atoms with Crippen molar-refractivity contribution in [3.63, 3.8) is 0 Å². The van der Waals surface area contributed by atoms with E-state index >= 15 is 0 Å². The van der Waals surface area contributed by atoms with Crippen molar-refractivity contribution < 1.29 is 19.1 Å². The van der Waals surface area contributed by atoms with Crippen LogP contribution in [0.25, 0.3) is 5.65 Å². The molecule has 1 aromatic carbocycles. The fraction of sp³-hybridized carbons (Fsp3) is 0.0588. The van der Waals surface area contributed by atoms with Gasteiger partial charge in [-0.1, -0.05) is 18.2 Å². The van der Waals surface area contributed by atoms with Gasteiger partial charge >= 0.3 is 5.97 Å². The van der Waals surface area contributed by atoms with E-state index in [2.05, 4.69) is 4.98 Å². The maximum Gasteiger partial charge on any atom is 0.360 e. The van der Waals surface area contributed by atoms with Crippen molar-refractivity contribution in [3.8, 4) is 0 Å². The topological polar surface area (TPSA) is 81.0 Å². The smallest absolute Gasteiger partial charge is 0.360 e. The molecule has 7 heteroatoms. The molecule has 0 unspecified atom stereocenters. The van der Waals surface area contributed by atoms with Gasteiger partial charge in [-0.3, -0.25) is 9.59 Å². The summed E-state index contributed by atoms with van der Waals surface area (Å²) in [6.07, 6.45) is 3.28. The highest BCUT2D eigenvalue weighted by Crippen LogP contribution is 2.22. The van der Waals surface area contributed by atoms with Gasteiger partial charge in [-0.15, -0.1) is 0 Å². The Hall–Kier alpha value is -3.48. The average molecular weight is 321 g/mol. The van der Waals surface area contributed by atoms with Crippen LogP contribution in [0.3, 0.4) is 0 Å². The molecule has 0 saturated carbocycles. The largest absolute Gasteiger partial charge is 0.439 e. The van der Waals surface area contributed by atoms with Crippen molar-refractivity contribution in [3.05, 3.63) is 71.7 Å². The molecule has 7 nitrogen and oxygen atoms in total. The second-order valence-electron chi connectivity index (χ2n) is 5.24. The summed E-state index contributed by atoms with van der Waals surface area (Å²) in [5.74, 6) is -1.65. The predicted molar refractivity (Wildman–Crippen MR) is 82.4 cm³/mol. The summed E-state index contributed by atoms with van der Waals surface area (Å²) in [4.78, 5) is 41.5. The van der Waals surface area contributed by atoms with Crippen LogP contribution >= 0.6 is 0 Å². The summed E-state index contributed by atoms with van der Waals surface area (Å²) < 4.78 is 6.76. The third-order valence-corrected chi connectivity index (χ3v) is 3.78. The van der Waals surface area contributed by atoms with E-state index in [-0.39, 0.29) is 5.69 Å². The molecule has 0 N–H and O–H groups in total. The molecule has 0 bridgehead atoms.